The van der Waals surface area contributed by atoms with E-state index in [9.17, 15) is 18.3 Å². The minimum absolute atomic E-state index is 0.0769. The van der Waals surface area contributed by atoms with Crippen molar-refractivity contribution in [1.29, 1.82) is 0 Å². The minimum atomic E-state index is -4.41. The largest absolute Gasteiger partial charge is 0.506 e. The Morgan fingerprint density at radius 2 is 1.95 bits per heavy atom. The molecule has 1 N–H and O–H groups in total. The van der Waals surface area contributed by atoms with E-state index in [1.165, 1.54) is 18.5 Å². The third-order valence-electron chi connectivity index (χ3n) is 3.25. The number of aromatic nitrogens is 3. The number of nitrogens with zero attached hydrogens (tertiary/aromatic N) is 3. The van der Waals surface area contributed by atoms with Gasteiger partial charge in [0.15, 0.2) is 0 Å². The lowest BCUT2D eigenvalue weighted by Crippen LogP contribution is -2.04. The molecule has 0 amide bonds. The average molecular weight is 293 g/mol. The molecular formula is C14H10F3N3O. The molecule has 0 aliphatic heterocycles. The number of halogens is 3. The number of fused-ring (bicyclic) bond motifs is 1. The van der Waals surface area contributed by atoms with Crippen molar-refractivity contribution in [3.63, 3.8) is 0 Å². The molecule has 2 heterocycles. The number of benzene rings is 1. The zero-order valence-corrected chi connectivity index (χ0v) is 10.9. The van der Waals surface area contributed by atoms with Gasteiger partial charge in [-0.15, -0.1) is 0 Å². The molecule has 0 aliphatic rings. The van der Waals surface area contributed by atoms with E-state index in [4.69, 9.17) is 0 Å². The van der Waals surface area contributed by atoms with Gasteiger partial charge in [0.25, 0.3) is 0 Å². The summed E-state index contributed by atoms with van der Waals surface area (Å²) in [7, 11) is 1.68. The summed E-state index contributed by atoms with van der Waals surface area (Å²) in [5.74, 6) is 0.302. The first-order chi connectivity index (χ1) is 9.88. The van der Waals surface area contributed by atoms with E-state index >= 15 is 0 Å². The van der Waals surface area contributed by atoms with Crippen LogP contribution in [0.5, 0.6) is 5.75 Å². The molecule has 21 heavy (non-hydrogen) atoms. The Kier molecular flexibility index (Phi) is 2.86. The molecule has 7 heteroatoms. The van der Waals surface area contributed by atoms with Crippen LogP contribution in [0.4, 0.5) is 13.2 Å². The molecule has 3 rings (SSSR count). The number of aromatic hydroxyl groups is 1. The topological polar surface area (TPSA) is 50.9 Å². The molecule has 108 valence electrons. The highest BCUT2D eigenvalue weighted by Crippen LogP contribution is 2.34. The highest BCUT2D eigenvalue weighted by Gasteiger charge is 2.31. The number of rotatable bonds is 1. The van der Waals surface area contributed by atoms with Gasteiger partial charge in [-0.2, -0.15) is 13.2 Å². The molecule has 3 aromatic rings. The van der Waals surface area contributed by atoms with Gasteiger partial charge >= 0.3 is 6.18 Å². The van der Waals surface area contributed by atoms with Crippen molar-refractivity contribution in [3.8, 4) is 17.1 Å². The monoisotopic (exact) mass is 293 g/mol. The van der Waals surface area contributed by atoms with Gasteiger partial charge < -0.3 is 9.67 Å². The van der Waals surface area contributed by atoms with E-state index in [2.05, 4.69) is 9.97 Å². The maximum absolute atomic E-state index is 12.7. The second kappa shape index (κ2) is 4.47. The number of pyridine rings is 1. The molecule has 2 aromatic heterocycles. The average Bonchev–Trinajstić information content (AvgIpc) is 2.75. The van der Waals surface area contributed by atoms with Gasteiger partial charge in [0, 0.05) is 13.2 Å². The first-order valence-corrected chi connectivity index (χ1v) is 6.05. The Labute approximate surface area is 117 Å². The molecule has 0 fully saturated rings. The van der Waals surface area contributed by atoms with Crippen molar-refractivity contribution in [3.05, 3.63) is 42.2 Å². The van der Waals surface area contributed by atoms with Gasteiger partial charge in [0.05, 0.1) is 28.4 Å². The van der Waals surface area contributed by atoms with E-state index in [1.807, 2.05) is 0 Å². The Hall–Kier alpha value is -2.57. The standard InChI is InChI=1S/C14H10F3N3O/c1-20-11-3-2-8(14(15,16)17)6-10(11)19-13(20)9-4-5-18-7-12(9)21/h2-7,21H,1H3. The van der Waals surface area contributed by atoms with Crippen molar-refractivity contribution in [2.45, 2.75) is 6.18 Å². The molecule has 0 unspecified atom stereocenters. The van der Waals surface area contributed by atoms with Gasteiger partial charge in [-0.05, 0) is 24.3 Å². The second-order valence-electron chi connectivity index (χ2n) is 4.59. The van der Waals surface area contributed by atoms with Crippen LogP contribution in [-0.2, 0) is 13.2 Å². The zero-order chi connectivity index (χ0) is 15.2. The van der Waals surface area contributed by atoms with E-state index in [0.717, 1.165) is 12.1 Å². The van der Waals surface area contributed by atoms with Gasteiger partial charge in [0.1, 0.15) is 11.6 Å². The summed E-state index contributed by atoms with van der Waals surface area (Å²) in [6.45, 7) is 0. The second-order valence-corrected chi connectivity index (χ2v) is 4.59. The Morgan fingerprint density at radius 3 is 2.62 bits per heavy atom. The summed E-state index contributed by atoms with van der Waals surface area (Å²) in [4.78, 5) is 7.96. The van der Waals surface area contributed by atoms with Crippen molar-refractivity contribution in [1.82, 2.24) is 14.5 Å². The first-order valence-electron chi connectivity index (χ1n) is 6.05. The van der Waals surface area contributed by atoms with Gasteiger partial charge in [0.2, 0.25) is 0 Å². The van der Waals surface area contributed by atoms with Crippen LogP contribution in [0.15, 0.2) is 36.7 Å². The number of imidazole rings is 1. The maximum Gasteiger partial charge on any atom is 0.416 e. The lowest BCUT2D eigenvalue weighted by Gasteiger charge is -2.06. The fourth-order valence-corrected chi connectivity index (χ4v) is 2.19. The molecule has 0 saturated heterocycles. The van der Waals surface area contributed by atoms with Gasteiger partial charge in [-0.3, -0.25) is 4.98 Å². The molecule has 1 aromatic carbocycles. The van der Waals surface area contributed by atoms with Crippen LogP contribution in [0.25, 0.3) is 22.4 Å². The molecule has 0 spiro atoms. The molecular weight excluding hydrogens is 283 g/mol. The van der Waals surface area contributed by atoms with Crippen LogP contribution in [0.1, 0.15) is 5.56 Å². The maximum atomic E-state index is 12.7. The predicted octanol–water partition coefficient (Wildman–Crippen LogP) is 3.36. The molecule has 0 saturated carbocycles. The smallest absolute Gasteiger partial charge is 0.416 e. The highest BCUT2D eigenvalue weighted by atomic mass is 19.4. The number of hydrogen-bond acceptors (Lipinski definition) is 3. The van der Waals surface area contributed by atoms with Crippen LogP contribution in [0, 0.1) is 0 Å². The number of aryl methyl sites for hydroxylation is 1. The Balaban J connectivity index is 2.23. The van der Waals surface area contributed by atoms with Crippen molar-refractivity contribution >= 4 is 11.0 Å². The van der Waals surface area contributed by atoms with E-state index < -0.39 is 11.7 Å². The molecule has 0 radical (unpaired) electrons. The van der Waals surface area contributed by atoms with Crippen molar-refractivity contribution in [2.75, 3.05) is 0 Å². The lowest BCUT2D eigenvalue weighted by molar-refractivity contribution is -0.137. The van der Waals surface area contributed by atoms with Crippen LogP contribution in [0.2, 0.25) is 0 Å². The van der Waals surface area contributed by atoms with Gasteiger partial charge in [-0.25, -0.2) is 4.98 Å². The van der Waals surface area contributed by atoms with Crippen molar-refractivity contribution < 1.29 is 18.3 Å². The fourth-order valence-electron chi connectivity index (χ4n) is 2.19. The van der Waals surface area contributed by atoms with Crippen LogP contribution in [0.3, 0.4) is 0 Å². The van der Waals surface area contributed by atoms with E-state index in [0.29, 0.717) is 16.9 Å². The molecule has 4 nitrogen and oxygen atoms in total. The van der Waals surface area contributed by atoms with Gasteiger partial charge in [-0.1, -0.05) is 0 Å². The molecule has 0 aliphatic carbocycles. The third-order valence-corrected chi connectivity index (χ3v) is 3.25. The van der Waals surface area contributed by atoms with E-state index in [-0.39, 0.29) is 11.3 Å². The van der Waals surface area contributed by atoms with Crippen LogP contribution < -0.4 is 0 Å². The SMILES string of the molecule is Cn1c(-c2ccncc2O)nc2cc(C(F)(F)F)ccc21. The van der Waals surface area contributed by atoms with Crippen molar-refractivity contribution in [2.24, 2.45) is 7.05 Å². The Morgan fingerprint density at radius 1 is 1.19 bits per heavy atom. The molecule has 0 bridgehead atoms. The normalized spacial score (nSPS) is 12.0. The summed E-state index contributed by atoms with van der Waals surface area (Å²) < 4.78 is 39.8. The predicted molar refractivity (Wildman–Crippen MR) is 70.6 cm³/mol. The summed E-state index contributed by atoms with van der Waals surface area (Å²) in [6.07, 6.45) is -1.67. The highest BCUT2D eigenvalue weighted by molar-refractivity contribution is 5.82. The van der Waals surface area contributed by atoms with E-state index in [1.54, 1.807) is 17.7 Å². The zero-order valence-electron chi connectivity index (χ0n) is 10.9. The number of hydrogen-bond donors (Lipinski definition) is 1. The fraction of sp³-hybridized carbons (Fsp3) is 0.143. The number of alkyl halides is 3. The van der Waals surface area contributed by atoms with Crippen LogP contribution >= 0.6 is 0 Å². The summed E-state index contributed by atoms with van der Waals surface area (Å²) >= 11 is 0. The Bertz CT molecular complexity index is 824. The minimum Gasteiger partial charge on any atom is -0.506 e. The summed E-state index contributed by atoms with van der Waals surface area (Å²) in [5.41, 5.74) is 0.434. The first kappa shape index (κ1) is 13.4. The summed E-state index contributed by atoms with van der Waals surface area (Å²) in [6, 6.07) is 4.94. The molecule has 0 atom stereocenters. The third kappa shape index (κ3) is 2.20. The summed E-state index contributed by atoms with van der Waals surface area (Å²) in [5, 5.41) is 9.80. The quantitative estimate of drug-likeness (QED) is 0.748. The van der Waals surface area contributed by atoms with Crippen LogP contribution in [-0.4, -0.2) is 19.6 Å². The lowest BCUT2D eigenvalue weighted by atomic mass is 10.2.